The van der Waals surface area contributed by atoms with Gasteiger partial charge in [0.15, 0.2) is 0 Å². The molecule has 0 aromatic heterocycles. The minimum atomic E-state index is 0.606. The van der Waals surface area contributed by atoms with Gasteiger partial charge in [0, 0.05) is 6.20 Å². The Kier molecular flexibility index (Phi) is 6.01. The molecule has 12 heavy (non-hydrogen) atoms. The van der Waals surface area contributed by atoms with Crippen molar-refractivity contribution in [2.24, 2.45) is 5.73 Å². The summed E-state index contributed by atoms with van der Waals surface area (Å²) in [5.74, 6) is 0. The van der Waals surface area contributed by atoms with E-state index in [-0.39, 0.29) is 0 Å². The van der Waals surface area contributed by atoms with E-state index < -0.39 is 0 Å². The van der Waals surface area contributed by atoms with Crippen molar-refractivity contribution >= 4 is 12.6 Å². The molecular formula is C9H14N2S. The molecule has 66 valence electrons. The summed E-state index contributed by atoms with van der Waals surface area (Å²) in [7, 11) is 0. The van der Waals surface area contributed by atoms with Gasteiger partial charge >= 0.3 is 0 Å². The molecule has 0 bridgehead atoms. The maximum atomic E-state index is 5.60. The van der Waals surface area contributed by atoms with Crippen molar-refractivity contribution < 1.29 is 0 Å². The van der Waals surface area contributed by atoms with Gasteiger partial charge in [-0.25, -0.2) is 0 Å². The van der Waals surface area contributed by atoms with Crippen LogP contribution >= 0.6 is 12.6 Å². The Hall–Kier alpha value is -1.09. The maximum absolute atomic E-state index is 5.60. The van der Waals surface area contributed by atoms with E-state index in [9.17, 15) is 0 Å². The van der Waals surface area contributed by atoms with Gasteiger partial charge in [0.05, 0.1) is 10.7 Å². The first-order valence-corrected chi connectivity index (χ1v) is 4.02. The molecule has 0 aromatic carbocycles. The van der Waals surface area contributed by atoms with Gasteiger partial charge in [0.1, 0.15) is 0 Å². The molecule has 0 fully saturated rings. The molecule has 0 saturated carbocycles. The predicted molar refractivity (Wildman–Crippen MR) is 57.5 cm³/mol. The highest BCUT2D eigenvalue weighted by atomic mass is 32.1. The van der Waals surface area contributed by atoms with E-state index in [1.807, 2.05) is 13.0 Å². The van der Waals surface area contributed by atoms with Crippen molar-refractivity contribution in [3.63, 3.8) is 0 Å². The Morgan fingerprint density at radius 1 is 1.58 bits per heavy atom. The summed E-state index contributed by atoms with van der Waals surface area (Å²) < 4.78 is 0. The van der Waals surface area contributed by atoms with Crippen molar-refractivity contribution in [2.75, 3.05) is 0 Å². The molecule has 0 rings (SSSR count). The quantitative estimate of drug-likeness (QED) is 0.459. The van der Waals surface area contributed by atoms with Crippen LogP contribution in [0.25, 0.3) is 0 Å². The normalized spacial score (nSPS) is 13.5. The molecule has 0 amide bonds. The van der Waals surface area contributed by atoms with Crippen LogP contribution in [-0.2, 0) is 0 Å². The summed E-state index contributed by atoms with van der Waals surface area (Å²) in [5.41, 5.74) is 6.21. The Labute approximate surface area is 78.9 Å². The number of hydrogen-bond donors (Lipinski definition) is 3. The third-order valence-electron chi connectivity index (χ3n) is 1.07. The van der Waals surface area contributed by atoms with Gasteiger partial charge in [0.25, 0.3) is 0 Å². The SMILES string of the molecule is C=C/C=C\N/C(S)=C(N)\C=C/C. The molecule has 0 aliphatic heterocycles. The van der Waals surface area contributed by atoms with Crippen LogP contribution in [0.15, 0.2) is 47.8 Å². The van der Waals surface area contributed by atoms with Gasteiger partial charge in [-0.05, 0) is 19.1 Å². The lowest BCUT2D eigenvalue weighted by molar-refractivity contribution is 1.13. The number of nitrogens with one attached hydrogen (secondary N) is 1. The first-order valence-electron chi connectivity index (χ1n) is 3.58. The highest BCUT2D eigenvalue weighted by Crippen LogP contribution is 2.00. The summed E-state index contributed by atoms with van der Waals surface area (Å²) in [6.07, 6.45) is 8.77. The molecule has 0 spiro atoms. The lowest BCUT2D eigenvalue weighted by atomic mass is 10.4. The molecular weight excluding hydrogens is 168 g/mol. The molecule has 0 aliphatic rings. The number of nitrogens with two attached hydrogens (primary N) is 1. The van der Waals surface area contributed by atoms with E-state index >= 15 is 0 Å². The van der Waals surface area contributed by atoms with Crippen molar-refractivity contribution in [3.8, 4) is 0 Å². The van der Waals surface area contributed by atoms with Gasteiger partial charge in [-0.15, -0.1) is 12.6 Å². The lowest BCUT2D eigenvalue weighted by Gasteiger charge is -2.00. The molecule has 0 atom stereocenters. The van der Waals surface area contributed by atoms with Gasteiger partial charge in [-0.2, -0.15) is 0 Å². The van der Waals surface area contributed by atoms with Gasteiger partial charge in [0.2, 0.25) is 0 Å². The Morgan fingerprint density at radius 2 is 2.25 bits per heavy atom. The molecule has 0 aromatic rings. The number of thiol groups is 1. The van der Waals surface area contributed by atoms with Crippen LogP contribution in [0.5, 0.6) is 0 Å². The standard InChI is InChI=1S/C9H14N2S/c1-3-5-7-11-9(12)8(10)6-4-2/h3-7,11-12H,1,10H2,2H3/b6-4-,7-5-,9-8-. The summed E-state index contributed by atoms with van der Waals surface area (Å²) in [6, 6.07) is 0. The van der Waals surface area contributed by atoms with Crippen LogP contribution in [-0.4, -0.2) is 0 Å². The molecule has 0 heterocycles. The van der Waals surface area contributed by atoms with E-state index in [1.165, 1.54) is 0 Å². The minimum absolute atomic E-state index is 0.606. The summed E-state index contributed by atoms with van der Waals surface area (Å²) >= 11 is 4.14. The largest absolute Gasteiger partial charge is 0.397 e. The zero-order chi connectivity index (χ0) is 9.40. The fourth-order valence-corrected chi connectivity index (χ4v) is 0.686. The van der Waals surface area contributed by atoms with Gasteiger partial charge in [-0.3, -0.25) is 0 Å². The van der Waals surface area contributed by atoms with E-state index in [2.05, 4.69) is 24.5 Å². The van der Waals surface area contributed by atoms with Crippen molar-refractivity contribution in [1.29, 1.82) is 0 Å². The topological polar surface area (TPSA) is 38.0 Å². The van der Waals surface area contributed by atoms with E-state index in [0.29, 0.717) is 10.7 Å². The van der Waals surface area contributed by atoms with E-state index in [4.69, 9.17) is 5.73 Å². The third-order valence-corrected chi connectivity index (χ3v) is 1.46. The monoisotopic (exact) mass is 182 g/mol. The zero-order valence-corrected chi connectivity index (χ0v) is 8.01. The van der Waals surface area contributed by atoms with Crippen molar-refractivity contribution in [1.82, 2.24) is 5.32 Å². The van der Waals surface area contributed by atoms with Crippen LogP contribution in [0.4, 0.5) is 0 Å². The highest BCUT2D eigenvalue weighted by molar-refractivity contribution is 7.84. The molecule has 0 aliphatic carbocycles. The summed E-state index contributed by atoms with van der Waals surface area (Å²) in [6.45, 7) is 5.42. The Bertz CT molecular complexity index is 227. The number of rotatable bonds is 4. The van der Waals surface area contributed by atoms with Crippen LogP contribution in [0.1, 0.15) is 6.92 Å². The fraction of sp³-hybridized carbons (Fsp3) is 0.111. The molecule has 0 unspecified atom stereocenters. The van der Waals surface area contributed by atoms with Crippen LogP contribution < -0.4 is 11.1 Å². The molecule has 2 nitrogen and oxygen atoms in total. The smallest absolute Gasteiger partial charge is 0.0924 e. The third kappa shape index (κ3) is 4.68. The number of hydrogen-bond acceptors (Lipinski definition) is 3. The van der Waals surface area contributed by atoms with Crippen LogP contribution in [0.3, 0.4) is 0 Å². The summed E-state index contributed by atoms with van der Waals surface area (Å²) in [4.78, 5) is 0. The maximum Gasteiger partial charge on any atom is 0.0924 e. The van der Waals surface area contributed by atoms with Gasteiger partial charge in [-0.1, -0.05) is 18.7 Å². The number of allylic oxidation sites excluding steroid dienone is 4. The average Bonchev–Trinajstić information content (AvgIpc) is 2.05. The first-order chi connectivity index (χ1) is 5.72. The highest BCUT2D eigenvalue weighted by Gasteiger charge is 1.89. The van der Waals surface area contributed by atoms with Crippen LogP contribution in [0, 0.1) is 0 Å². The van der Waals surface area contributed by atoms with Gasteiger partial charge < -0.3 is 11.1 Å². The van der Waals surface area contributed by atoms with Crippen molar-refractivity contribution in [3.05, 3.63) is 47.8 Å². The van der Waals surface area contributed by atoms with E-state index in [1.54, 1.807) is 24.4 Å². The second-order valence-electron chi connectivity index (χ2n) is 2.04. The second kappa shape index (κ2) is 6.61. The predicted octanol–water partition coefficient (Wildman–Crippen LogP) is 1.91. The first kappa shape index (κ1) is 10.9. The van der Waals surface area contributed by atoms with Crippen molar-refractivity contribution in [2.45, 2.75) is 6.92 Å². The molecule has 3 heteroatoms. The molecule has 3 N–H and O–H groups in total. The Morgan fingerprint density at radius 3 is 2.75 bits per heavy atom. The second-order valence-corrected chi connectivity index (χ2v) is 2.49. The molecule has 0 saturated heterocycles. The lowest BCUT2D eigenvalue weighted by Crippen LogP contribution is -2.07. The Balaban J connectivity index is 4.16. The summed E-state index contributed by atoms with van der Waals surface area (Å²) in [5, 5.41) is 3.51. The zero-order valence-electron chi connectivity index (χ0n) is 7.12. The fourth-order valence-electron chi connectivity index (χ4n) is 0.537. The minimum Gasteiger partial charge on any atom is -0.397 e. The average molecular weight is 182 g/mol. The van der Waals surface area contributed by atoms with Crippen LogP contribution in [0.2, 0.25) is 0 Å². The molecule has 0 radical (unpaired) electrons. The van der Waals surface area contributed by atoms with E-state index in [0.717, 1.165) is 0 Å².